The van der Waals surface area contributed by atoms with Crippen molar-refractivity contribution in [2.45, 2.75) is 32.0 Å². The van der Waals surface area contributed by atoms with E-state index in [2.05, 4.69) is 24.0 Å². The predicted molar refractivity (Wildman–Crippen MR) is 73.0 cm³/mol. The number of rotatable bonds is 5. The number of carboxylic acid groups (broad SMARTS) is 1. The molecule has 2 rings (SSSR count). The van der Waals surface area contributed by atoms with Gasteiger partial charge in [0, 0.05) is 19.5 Å². The first-order valence-electron chi connectivity index (χ1n) is 6.79. The van der Waals surface area contributed by atoms with E-state index in [4.69, 9.17) is 9.84 Å². The molecule has 0 amide bonds. The van der Waals surface area contributed by atoms with Gasteiger partial charge in [0.2, 0.25) is 0 Å². The SMILES string of the molecule is CC1CN(CCCC(=O)O)CC(c2ccccc2)O1. The maximum atomic E-state index is 10.5. The number of hydrogen-bond donors (Lipinski definition) is 1. The van der Waals surface area contributed by atoms with Gasteiger partial charge >= 0.3 is 5.97 Å². The second-order valence-electron chi connectivity index (χ2n) is 5.10. The van der Waals surface area contributed by atoms with Crippen LogP contribution in [0.3, 0.4) is 0 Å². The first-order chi connectivity index (χ1) is 9.15. The number of hydrogen-bond acceptors (Lipinski definition) is 3. The zero-order chi connectivity index (χ0) is 13.7. The van der Waals surface area contributed by atoms with Crippen LogP contribution in [0.2, 0.25) is 0 Å². The number of nitrogens with zero attached hydrogens (tertiary/aromatic N) is 1. The number of ether oxygens (including phenoxy) is 1. The lowest BCUT2D eigenvalue weighted by molar-refractivity contribution is -0.137. The molecule has 2 atom stereocenters. The summed E-state index contributed by atoms with van der Waals surface area (Å²) in [6.45, 7) is 4.61. The van der Waals surface area contributed by atoms with E-state index in [-0.39, 0.29) is 18.6 Å². The van der Waals surface area contributed by atoms with Gasteiger partial charge in [-0.05, 0) is 25.5 Å². The summed E-state index contributed by atoms with van der Waals surface area (Å²) in [5, 5.41) is 8.68. The van der Waals surface area contributed by atoms with Crippen LogP contribution in [0.5, 0.6) is 0 Å². The Morgan fingerprint density at radius 3 is 2.79 bits per heavy atom. The summed E-state index contributed by atoms with van der Waals surface area (Å²) in [7, 11) is 0. The van der Waals surface area contributed by atoms with Crippen LogP contribution in [0.25, 0.3) is 0 Å². The fourth-order valence-corrected chi connectivity index (χ4v) is 2.53. The van der Waals surface area contributed by atoms with Gasteiger partial charge in [0.15, 0.2) is 0 Å². The summed E-state index contributed by atoms with van der Waals surface area (Å²) in [4.78, 5) is 12.8. The second kappa shape index (κ2) is 6.68. The van der Waals surface area contributed by atoms with Crippen molar-refractivity contribution >= 4 is 5.97 Å². The number of morpholine rings is 1. The minimum atomic E-state index is -0.721. The van der Waals surface area contributed by atoms with Gasteiger partial charge in [0.1, 0.15) is 0 Å². The van der Waals surface area contributed by atoms with Gasteiger partial charge in [-0.3, -0.25) is 9.69 Å². The van der Waals surface area contributed by atoms with Gasteiger partial charge < -0.3 is 9.84 Å². The smallest absolute Gasteiger partial charge is 0.303 e. The lowest BCUT2D eigenvalue weighted by atomic mass is 10.1. The summed E-state index contributed by atoms with van der Waals surface area (Å²) in [6, 6.07) is 10.2. The van der Waals surface area contributed by atoms with Crippen molar-refractivity contribution in [3.05, 3.63) is 35.9 Å². The summed E-state index contributed by atoms with van der Waals surface area (Å²) >= 11 is 0. The summed E-state index contributed by atoms with van der Waals surface area (Å²) in [6.07, 6.45) is 1.21. The molecule has 0 bridgehead atoms. The highest BCUT2D eigenvalue weighted by Crippen LogP contribution is 2.25. The molecule has 4 heteroatoms. The van der Waals surface area contributed by atoms with Crippen molar-refractivity contribution in [1.82, 2.24) is 4.90 Å². The Kier molecular flexibility index (Phi) is 4.93. The molecule has 104 valence electrons. The van der Waals surface area contributed by atoms with Crippen molar-refractivity contribution in [3.8, 4) is 0 Å². The molecule has 1 N–H and O–H groups in total. The fraction of sp³-hybridized carbons (Fsp3) is 0.533. The normalized spacial score (nSPS) is 24.3. The number of aliphatic carboxylic acids is 1. The molecule has 2 unspecified atom stereocenters. The van der Waals surface area contributed by atoms with Gasteiger partial charge in [-0.15, -0.1) is 0 Å². The van der Waals surface area contributed by atoms with Gasteiger partial charge in [-0.1, -0.05) is 30.3 Å². The Morgan fingerprint density at radius 2 is 2.11 bits per heavy atom. The Labute approximate surface area is 114 Å². The van der Waals surface area contributed by atoms with E-state index in [9.17, 15) is 4.79 Å². The molecule has 1 saturated heterocycles. The molecular weight excluding hydrogens is 242 g/mol. The maximum Gasteiger partial charge on any atom is 0.303 e. The van der Waals surface area contributed by atoms with Crippen molar-refractivity contribution in [2.75, 3.05) is 19.6 Å². The van der Waals surface area contributed by atoms with Gasteiger partial charge in [-0.2, -0.15) is 0 Å². The van der Waals surface area contributed by atoms with E-state index in [0.717, 1.165) is 19.6 Å². The topological polar surface area (TPSA) is 49.8 Å². The zero-order valence-electron chi connectivity index (χ0n) is 11.3. The van der Waals surface area contributed by atoms with Crippen LogP contribution in [0.1, 0.15) is 31.4 Å². The average molecular weight is 263 g/mol. The predicted octanol–water partition coefficient (Wildman–Crippen LogP) is 2.31. The lowest BCUT2D eigenvalue weighted by Gasteiger charge is -2.37. The van der Waals surface area contributed by atoms with Crippen molar-refractivity contribution in [1.29, 1.82) is 0 Å². The quantitative estimate of drug-likeness (QED) is 0.885. The Balaban J connectivity index is 1.90. The molecule has 1 aliphatic heterocycles. The van der Waals surface area contributed by atoms with Crippen molar-refractivity contribution in [2.24, 2.45) is 0 Å². The van der Waals surface area contributed by atoms with Crippen LogP contribution in [-0.2, 0) is 9.53 Å². The number of benzene rings is 1. The minimum absolute atomic E-state index is 0.0924. The van der Waals surface area contributed by atoms with Crippen LogP contribution in [0.4, 0.5) is 0 Å². The molecule has 1 heterocycles. The van der Waals surface area contributed by atoms with E-state index in [1.165, 1.54) is 5.56 Å². The van der Waals surface area contributed by atoms with E-state index in [1.54, 1.807) is 0 Å². The Bertz CT molecular complexity index is 407. The van der Waals surface area contributed by atoms with Crippen LogP contribution in [0, 0.1) is 0 Å². The van der Waals surface area contributed by atoms with Gasteiger partial charge in [0.05, 0.1) is 12.2 Å². The molecule has 4 nitrogen and oxygen atoms in total. The molecule has 0 saturated carbocycles. The maximum absolute atomic E-state index is 10.5. The third-order valence-corrected chi connectivity index (χ3v) is 3.37. The molecule has 1 aromatic carbocycles. The second-order valence-corrected chi connectivity index (χ2v) is 5.10. The lowest BCUT2D eigenvalue weighted by Crippen LogP contribution is -2.43. The van der Waals surface area contributed by atoms with E-state index < -0.39 is 5.97 Å². The monoisotopic (exact) mass is 263 g/mol. The highest BCUT2D eigenvalue weighted by molar-refractivity contribution is 5.66. The fourth-order valence-electron chi connectivity index (χ4n) is 2.53. The van der Waals surface area contributed by atoms with Gasteiger partial charge in [0.25, 0.3) is 0 Å². The van der Waals surface area contributed by atoms with Crippen LogP contribution in [-0.4, -0.2) is 41.7 Å². The molecule has 0 spiro atoms. The Morgan fingerprint density at radius 1 is 1.37 bits per heavy atom. The largest absolute Gasteiger partial charge is 0.481 e. The van der Waals surface area contributed by atoms with Gasteiger partial charge in [-0.25, -0.2) is 0 Å². The van der Waals surface area contributed by atoms with E-state index >= 15 is 0 Å². The van der Waals surface area contributed by atoms with Crippen molar-refractivity contribution < 1.29 is 14.6 Å². The third kappa shape index (κ3) is 4.33. The molecule has 19 heavy (non-hydrogen) atoms. The standard InChI is InChI=1S/C15H21NO3/c1-12-10-16(9-5-8-15(17)18)11-14(19-12)13-6-3-2-4-7-13/h2-4,6-7,12,14H,5,8-11H2,1H3,(H,17,18). The average Bonchev–Trinajstić information content (AvgIpc) is 2.39. The van der Waals surface area contributed by atoms with Crippen LogP contribution < -0.4 is 0 Å². The van der Waals surface area contributed by atoms with Crippen LogP contribution >= 0.6 is 0 Å². The number of carbonyl (C=O) groups is 1. The third-order valence-electron chi connectivity index (χ3n) is 3.37. The van der Waals surface area contributed by atoms with Crippen LogP contribution in [0.15, 0.2) is 30.3 Å². The first kappa shape index (κ1) is 14.0. The Hall–Kier alpha value is -1.39. The highest BCUT2D eigenvalue weighted by atomic mass is 16.5. The van der Waals surface area contributed by atoms with Crippen molar-refractivity contribution in [3.63, 3.8) is 0 Å². The molecule has 0 radical (unpaired) electrons. The molecular formula is C15H21NO3. The summed E-state index contributed by atoms with van der Waals surface area (Å²) in [5.74, 6) is -0.721. The van der Waals surface area contributed by atoms with E-state index in [0.29, 0.717) is 6.42 Å². The van der Waals surface area contributed by atoms with E-state index in [1.807, 2.05) is 18.2 Å². The molecule has 1 fully saturated rings. The zero-order valence-corrected chi connectivity index (χ0v) is 11.3. The minimum Gasteiger partial charge on any atom is -0.481 e. The number of carboxylic acids is 1. The molecule has 0 aromatic heterocycles. The molecule has 1 aromatic rings. The first-order valence-corrected chi connectivity index (χ1v) is 6.79. The summed E-state index contributed by atoms with van der Waals surface area (Å²) < 4.78 is 5.97. The summed E-state index contributed by atoms with van der Waals surface area (Å²) in [5.41, 5.74) is 1.19. The molecule has 1 aliphatic rings. The highest BCUT2D eigenvalue weighted by Gasteiger charge is 2.25. The molecule has 0 aliphatic carbocycles.